The minimum Gasteiger partial charge on any atom is -0.393 e. The monoisotopic (exact) mass is 394 g/mol. The molecule has 27 heavy (non-hydrogen) atoms. The van der Waals surface area contributed by atoms with Crippen LogP contribution < -0.4 is 5.32 Å². The molecule has 0 radical (unpaired) electrons. The predicted molar refractivity (Wildman–Crippen MR) is 104 cm³/mol. The van der Waals surface area contributed by atoms with Crippen molar-refractivity contribution in [2.24, 2.45) is 5.92 Å². The van der Waals surface area contributed by atoms with Gasteiger partial charge < -0.3 is 10.4 Å². The van der Waals surface area contributed by atoms with E-state index in [-0.39, 0.29) is 24.0 Å². The van der Waals surface area contributed by atoms with Crippen LogP contribution in [0.4, 0.5) is 0 Å². The molecule has 7 heteroatoms. The number of benzene rings is 1. The maximum Gasteiger partial charge on any atom is 0.243 e. The Balaban J connectivity index is 1.57. The van der Waals surface area contributed by atoms with E-state index in [0.29, 0.717) is 30.8 Å². The number of amides is 1. The normalized spacial score (nSPS) is 25.3. The van der Waals surface area contributed by atoms with Crippen LogP contribution in [0.3, 0.4) is 0 Å². The SMILES string of the molecule is Cc1ccc(S(=O)(=O)N2CCC(C(=O)NC3CCC(O)CC3)CC2)c(C)c1. The van der Waals surface area contributed by atoms with Crippen LogP contribution in [-0.4, -0.2) is 49.0 Å². The van der Waals surface area contributed by atoms with Crippen LogP contribution in [0.1, 0.15) is 49.7 Å². The van der Waals surface area contributed by atoms with Crippen molar-refractivity contribution >= 4 is 15.9 Å². The molecule has 0 atom stereocenters. The molecule has 1 saturated heterocycles. The summed E-state index contributed by atoms with van der Waals surface area (Å²) in [6.07, 6.45) is 3.95. The molecule has 2 aliphatic rings. The maximum atomic E-state index is 12.9. The lowest BCUT2D eigenvalue weighted by Gasteiger charge is -2.33. The Morgan fingerprint density at radius 3 is 2.30 bits per heavy atom. The topological polar surface area (TPSA) is 86.7 Å². The first-order chi connectivity index (χ1) is 12.8. The van der Waals surface area contributed by atoms with E-state index in [9.17, 15) is 18.3 Å². The summed E-state index contributed by atoms with van der Waals surface area (Å²) in [7, 11) is -3.52. The molecule has 1 aliphatic carbocycles. The molecule has 1 saturated carbocycles. The molecule has 1 aliphatic heterocycles. The molecule has 2 fully saturated rings. The molecule has 1 amide bonds. The van der Waals surface area contributed by atoms with Crippen molar-refractivity contribution in [3.63, 3.8) is 0 Å². The average Bonchev–Trinajstić information content (AvgIpc) is 2.63. The molecule has 0 bridgehead atoms. The molecule has 150 valence electrons. The number of hydrogen-bond donors (Lipinski definition) is 2. The summed E-state index contributed by atoms with van der Waals surface area (Å²) in [5.74, 6) is -0.109. The molecule has 0 spiro atoms. The number of aliphatic hydroxyl groups is 1. The minimum atomic E-state index is -3.52. The Bertz CT molecular complexity index is 777. The number of piperidine rings is 1. The Kier molecular flexibility index (Phi) is 6.23. The summed E-state index contributed by atoms with van der Waals surface area (Å²) < 4.78 is 27.4. The van der Waals surface area contributed by atoms with Crippen molar-refractivity contribution < 1.29 is 18.3 Å². The van der Waals surface area contributed by atoms with Crippen LogP contribution in [0.15, 0.2) is 23.1 Å². The second-order valence-electron chi connectivity index (χ2n) is 7.96. The van der Waals surface area contributed by atoms with E-state index < -0.39 is 10.0 Å². The standard InChI is InChI=1S/C20H30N2O4S/c1-14-3-8-19(15(2)13-14)27(25,26)22-11-9-16(10-12-22)20(24)21-17-4-6-18(23)7-5-17/h3,8,13,16-18,23H,4-7,9-12H2,1-2H3,(H,21,24). The number of rotatable bonds is 4. The van der Waals surface area contributed by atoms with Gasteiger partial charge in [0.25, 0.3) is 0 Å². The summed E-state index contributed by atoms with van der Waals surface area (Å²) >= 11 is 0. The first-order valence-corrected chi connectivity index (χ1v) is 11.3. The van der Waals surface area contributed by atoms with Gasteiger partial charge in [-0.2, -0.15) is 4.31 Å². The zero-order valence-electron chi connectivity index (χ0n) is 16.1. The van der Waals surface area contributed by atoms with Crippen LogP contribution in [-0.2, 0) is 14.8 Å². The van der Waals surface area contributed by atoms with Gasteiger partial charge in [-0.25, -0.2) is 8.42 Å². The number of carbonyl (C=O) groups excluding carboxylic acids is 1. The highest BCUT2D eigenvalue weighted by Gasteiger charge is 2.33. The van der Waals surface area contributed by atoms with Crippen molar-refractivity contribution in [2.75, 3.05) is 13.1 Å². The quantitative estimate of drug-likeness (QED) is 0.819. The van der Waals surface area contributed by atoms with E-state index in [0.717, 1.165) is 36.8 Å². The number of sulfonamides is 1. The van der Waals surface area contributed by atoms with Gasteiger partial charge in [0.15, 0.2) is 0 Å². The van der Waals surface area contributed by atoms with Crippen molar-refractivity contribution in [1.29, 1.82) is 0 Å². The van der Waals surface area contributed by atoms with Gasteiger partial charge in [-0.3, -0.25) is 4.79 Å². The smallest absolute Gasteiger partial charge is 0.243 e. The number of nitrogens with zero attached hydrogens (tertiary/aromatic N) is 1. The first-order valence-electron chi connectivity index (χ1n) is 9.83. The van der Waals surface area contributed by atoms with E-state index in [4.69, 9.17) is 0 Å². The number of aryl methyl sites for hydroxylation is 2. The predicted octanol–water partition coefficient (Wildman–Crippen LogP) is 2.12. The number of hydrogen-bond acceptors (Lipinski definition) is 4. The molecule has 1 aromatic rings. The lowest BCUT2D eigenvalue weighted by molar-refractivity contribution is -0.127. The zero-order chi connectivity index (χ0) is 19.6. The third kappa shape index (κ3) is 4.70. The van der Waals surface area contributed by atoms with Crippen LogP contribution in [0.5, 0.6) is 0 Å². The number of aliphatic hydroxyl groups excluding tert-OH is 1. The Morgan fingerprint density at radius 1 is 1.07 bits per heavy atom. The van der Waals surface area contributed by atoms with Crippen LogP contribution in [0, 0.1) is 19.8 Å². The summed E-state index contributed by atoms with van der Waals surface area (Å²) in [6, 6.07) is 5.52. The lowest BCUT2D eigenvalue weighted by Crippen LogP contribution is -2.46. The summed E-state index contributed by atoms with van der Waals surface area (Å²) in [6.45, 7) is 4.51. The molecular formula is C20H30N2O4S. The summed E-state index contributed by atoms with van der Waals surface area (Å²) in [5.41, 5.74) is 1.80. The number of carbonyl (C=O) groups is 1. The van der Waals surface area contributed by atoms with Gasteiger partial charge in [-0.15, -0.1) is 0 Å². The van der Waals surface area contributed by atoms with Crippen LogP contribution in [0.25, 0.3) is 0 Å². The van der Waals surface area contributed by atoms with E-state index in [1.54, 1.807) is 6.07 Å². The van der Waals surface area contributed by atoms with Gasteiger partial charge in [0.1, 0.15) is 0 Å². The molecule has 3 rings (SSSR count). The summed E-state index contributed by atoms with van der Waals surface area (Å²) in [5, 5.41) is 12.7. The van der Waals surface area contributed by atoms with Gasteiger partial charge in [0.2, 0.25) is 15.9 Å². The fourth-order valence-electron chi connectivity index (χ4n) is 4.13. The number of nitrogens with one attached hydrogen (secondary N) is 1. The van der Waals surface area contributed by atoms with Crippen molar-refractivity contribution in [3.8, 4) is 0 Å². The molecular weight excluding hydrogens is 364 g/mol. The van der Waals surface area contributed by atoms with Crippen molar-refractivity contribution in [1.82, 2.24) is 9.62 Å². The molecule has 2 N–H and O–H groups in total. The molecule has 1 heterocycles. The fourth-order valence-corrected chi connectivity index (χ4v) is 5.80. The Hall–Kier alpha value is -1.44. The van der Waals surface area contributed by atoms with Gasteiger partial charge in [0, 0.05) is 25.0 Å². The van der Waals surface area contributed by atoms with Gasteiger partial charge in [-0.1, -0.05) is 17.7 Å². The molecule has 1 aromatic carbocycles. The first kappa shape index (κ1) is 20.3. The van der Waals surface area contributed by atoms with Crippen molar-refractivity contribution in [2.45, 2.75) is 69.4 Å². The van der Waals surface area contributed by atoms with E-state index in [2.05, 4.69) is 5.32 Å². The molecule has 0 aromatic heterocycles. The summed E-state index contributed by atoms with van der Waals surface area (Å²) in [4.78, 5) is 12.9. The second kappa shape index (κ2) is 8.29. The second-order valence-corrected chi connectivity index (χ2v) is 9.87. The van der Waals surface area contributed by atoms with E-state index in [1.165, 1.54) is 4.31 Å². The highest BCUT2D eigenvalue weighted by atomic mass is 32.2. The van der Waals surface area contributed by atoms with Gasteiger partial charge in [-0.05, 0) is 64.0 Å². The minimum absolute atomic E-state index is 0.0277. The van der Waals surface area contributed by atoms with Gasteiger partial charge in [0.05, 0.1) is 11.0 Å². The van der Waals surface area contributed by atoms with Crippen LogP contribution in [0.2, 0.25) is 0 Å². The highest BCUT2D eigenvalue weighted by molar-refractivity contribution is 7.89. The van der Waals surface area contributed by atoms with Crippen LogP contribution >= 0.6 is 0 Å². The molecule has 6 nitrogen and oxygen atoms in total. The van der Waals surface area contributed by atoms with E-state index >= 15 is 0 Å². The fraction of sp³-hybridized carbons (Fsp3) is 0.650. The van der Waals surface area contributed by atoms with E-state index in [1.807, 2.05) is 26.0 Å². The zero-order valence-corrected chi connectivity index (χ0v) is 17.0. The third-order valence-corrected chi connectivity index (χ3v) is 7.87. The Morgan fingerprint density at radius 2 is 1.70 bits per heavy atom. The average molecular weight is 395 g/mol. The lowest BCUT2D eigenvalue weighted by atomic mass is 9.91. The largest absolute Gasteiger partial charge is 0.393 e. The van der Waals surface area contributed by atoms with Crippen molar-refractivity contribution in [3.05, 3.63) is 29.3 Å². The maximum absolute atomic E-state index is 12.9. The third-order valence-electron chi connectivity index (χ3n) is 5.82. The Labute approximate surface area is 162 Å². The van der Waals surface area contributed by atoms with Gasteiger partial charge >= 0.3 is 0 Å². The molecule has 0 unspecified atom stereocenters. The highest BCUT2D eigenvalue weighted by Crippen LogP contribution is 2.27.